The van der Waals surface area contributed by atoms with Crippen molar-refractivity contribution in [2.24, 2.45) is 5.92 Å². The van der Waals surface area contributed by atoms with E-state index in [1.807, 2.05) is 18.5 Å². The van der Waals surface area contributed by atoms with Crippen molar-refractivity contribution < 1.29 is 9.47 Å². The molecule has 0 aliphatic carbocycles. The highest BCUT2D eigenvalue weighted by molar-refractivity contribution is 5.48. The van der Waals surface area contributed by atoms with Crippen molar-refractivity contribution in [3.05, 3.63) is 54.4 Å². The number of anilines is 1. The average molecular weight is 410 g/mol. The minimum atomic E-state index is 0.474. The van der Waals surface area contributed by atoms with E-state index in [2.05, 4.69) is 45.5 Å². The normalized spacial score (nSPS) is 20.3. The summed E-state index contributed by atoms with van der Waals surface area (Å²) in [6.45, 7) is 5.57. The zero-order valence-corrected chi connectivity index (χ0v) is 18.0. The second-order valence-electron chi connectivity index (χ2n) is 8.59. The third kappa shape index (κ3) is 6.44. The third-order valence-electron chi connectivity index (χ3n) is 6.32. The first-order valence-electron chi connectivity index (χ1n) is 11.5. The minimum absolute atomic E-state index is 0.474. The smallest absolute Gasteiger partial charge is 0.139 e. The first kappa shape index (κ1) is 21.1. The van der Waals surface area contributed by atoms with Gasteiger partial charge >= 0.3 is 0 Å². The van der Waals surface area contributed by atoms with Crippen molar-refractivity contribution >= 4 is 5.69 Å². The number of benzene rings is 1. The SMILES string of the molecule is c1ccc(COCCC2CCN(c3cncc(OCC4CCCCN4)c3)CC2)cc1. The van der Waals surface area contributed by atoms with Gasteiger partial charge in [0.25, 0.3) is 0 Å². The third-order valence-corrected chi connectivity index (χ3v) is 6.32. The summed E-state index contributed by atoms with van der Waals surface area (Å²) in [6.07, 6.45) is 11.2. The topological polar surface area (TPSA) is 46.6 Å². The highest BCUT2D eigenvalue weighted by Crippen LogP contribution is 2.27. The molecule has 3 heterocycles. The molecule has 0 spiro atoms. The van der Waals surface area contributed by atoms with Gasteiger partial charge in [0.1, 0.15) is 12.4 Å². The molecule has 1 N–H and O–H groups in total. The summed E-state index contributed by atoms with van der Waals surface area (Å²) in [6, 6.07) is 13.0. The van der Waals surface area contributed by atoms with E-state index in [1.165, 1.54) is 43.4 Å². The largest absolute Gasteiger partial charge is 0.490 e. The summed E-state index contributed by atoms with van der Waals surface area (Å²) < 4.78 is 11.9. The lowest BCUT2D eigenvalue weighted by atomic mass is 9.94. The highest BCUT2D eigenvalue weighted by atomic mass is 16.5. The van der Waals surface area contributed by atoms with Crippen molar-refractivity contribution in [3.8, 4) is 5.75 Å². The quantitative estimate of drug-likeness (QED) is 0.621. The zero-order chi connectivity index (χ0) is 20.4. The van der Waals surface area contributed by atoms with Crippen LogP contribution in [0.2, 0.25) is 0 Å². The van der Waals surface area contributed by atoms with E-state index in [-0.39, 0.29) is 0 Å². The van der Waals surface area contributed by atoms with Crippen LogP contribution in [0, 0.1) is 5.92 Å². The van der Waals surface area contributed by atoms with Crippen LogP contribution >= 0.6 is 0 Å². The molecule has 1 unspecified atom stereocenters. The van der Waals surface area contributed by atoms with Crippen LogP contribution in [0.1, 0.15) is 44.1 Å². The van der Waals surface area contributed by atoms with Crippen molar-refractivity contribution in [1.82, 2.24) is 10.3 Å². The molecular formula is C25H35N3O2. The maximum Gasteiger partial charge on any atom is 0.139 e. The molecule has 2 saturated heterocycles. The van der Waals surface area contributed by atoms with Gasteiger partial charge in [0.15, 0.2) is 0 Å². The van der Waals surface area contributed by atoms with Crippen LogP contribution in [0.4, 0.5) is 5.69 Å². The van der Waals surface area contributed by atoms with Crippen molar-refractivity contribution in [2.45, 2.75) is 51.2 Å². The van der Waals surface area contributed by atoms with E-state index in [9.17, 15) is 0 Å². The molecule has 1 atom stereocenters. The fraction of sp³-hybridized carbons (Fsp3) is 0.560. The van der Waals surface area contributed by atoms with Crippen LogP contribution in [-0.2, 0) is 11.3 Å². The number of hydrogen-bond donors (Lipinski definition) is 1. The first-order valence-corrected chi connectivity index (χ1v) is 11.5. The Balaban J connectivity index is 1.16. The molecule has 162 valence electrons. The summed E-state index contributed by atoms with van der Waals surface area (Å²) in [5, 5.41) is 3.54. The van der Waals surface area contributed by atoms with Crippen molar-refractivity contribution in [1.29, 1.82) is 0 Å². The van der Waals surface area contributed by atoms with Crippen LogP contribution in [0.25, 0.3) is 0 Å². The van der Waals surface area contributed by atoms with E-state index in [0.717, 1.165) is 50.9 Å². The molecule has 1 aromatic carbocycles. The molecule has 5 heteroatoms. The molecule has 2 fully saturated rings. The first-order chi connectivity index (χ1) is 14.9. The second kappa shape index (κ2) is 11.3. The Morgan fingerprint density at radius 3 is 2.70 bits per heavy atom. The zero-order valence-electron chi connectivity index (χ0n) is 18.0. The second-order valence-corrected chi connectivity index (χ2v) is 8.59. The van der Waals surface area contributed by atoms with E-state index in [4.69, 9.17) is 9.47 Å². The Labute approximate surface area is 180 Å². The van der Waals surface area contributed by atoms with Crippen molar-refractivity contribution in [3.63, 3.8) is 0 Å². The average Bonchev–Trinajstić information content (AvgIpc) is 2.82. The number of pyridine rings is 1. The standard InChI is InChI=1S/C25H35N3O2/c1-2-6-22(7-3-1)19-29-15-11-21-9-13-28(14-10-21)24-16-25(18-26-17-24)30-20-23-8-4-5-12-27-23/h1-3,6-7,16-18,21,23,27H,4-5,8-15,19-20H2. The number of hydrogen-bond acceptors (Lipinski definition) is 5. The number of rotatable bonds is 9. The van der Waals surface area contributed by atoms with Gasteiger partial charge in [0, 0.05) is 31.8 Å². The van der Waals surface area contributed by atoms with Crippen molar-refractivity contribution in [2.75, 3.05) is 37.7 Å². The predicted octanol–water partition coefficient (Wildman–Crippen LogP) is 4.43. The van der Waals surface area contributed by atoms with Gasteiger partial charge in [0.05, 0.1) is 24.7 Å². The molecule has 0 bridgehead atoms. The van der Waals surface area contributed by atoms with Gasteiger partial charge in [-0.15, -0.1) is 0 Å². The molecule has 4 rings (SSSR count). The van der Waals surface area contributed by atoms with Gasteiger partial charge in [-0.1, -0.05) is 36.8 Å². The summed E-state index contributed by atoms with van der Waals surface area (Å²) in [5.74, 6) is 1.64. The van der Waals surface area contributed by atoms with Gasteiger partial charge in [0.2, 0.25) is 0 Å². The number of nitrogens with zero attached hydrogens (tertiary/aromatic N) is 2. The molecule has 1 aromatic heterocycles. The Bertz CT molecular complexity index is 741. The lowest BCUT2D eigenvalue weighted by molar-refractivity contribution is 0.104. The van der Waals surface area contributed by atoms with Gasteiger partial charge in [-0.3, -0.25) is 4.98 Å². The maximum absolute atomic E-state index is 6.03. The number of piperidine rings is 2. The monoisotopic (exact) mass is 409 g/mol. The van der Waals surface area contributed by atoms with Crippen LogP contribution < -0.4 is 15.0 Å². The molecule has 2 aliphatic rings. The Kier molecular flexibility index (Phi) is 7.98. The fourth-order valence-electron chi connectivity index (χ4n) is 4.42. The highest BCUT2D eigenvalue weighted by Gasteiger charge is 2.20. The molecule has 2 aliphatic heterocycles. The molecule has 0 saturated carbocycles. The number of aromatic nitrogens is 1. The molecule has 30 heavy (non-hydrogen) atoms. The molecule has 5 nitrogen and oxygen atoms in total. The van der Waals surface area contributed by atoms with Gasteiger partial charge < -0.3 is 19.7 Å². The summed E-state index contributed by atoms with van der Waals surface area (Å²) in [7, 11) is 0. The molecular weight excluding hydrogens is 374 g/mol. The lowest BCUT2D eigenvalue weighted by Gasteiger charge is -2.33. The molecule has 0 amide bonds. The molecule has 2 aromatic rings. The Hall–Kier alpha value is -2.11. The fourth-order valence-corrected chi connectivity index (χ4v) is 4.42. The summed E-state index contributed by atoms with van der Waals surface area (Å²) in [5.41, 5.74) is 2.43. The Morgan fingerprint density at radius 1 is 1.03 bits per heavy atom. The predicted molar refractivity (Wildman–Crippen MR) is 121 cm³/mol. The van der Waals surface area contributed by atoms with E-state index >= 15 is 0 Å². The van der Waals surface area contributed by atoms with Crippen LogP contribution in [0.15, 0.2) is 48.8 Å². The van der Waals surface area contributed by atoms with Gasteiger partial charge in [-0.05, 0) is 50.1 Å². The van der Waals surface area contributed by atoms with E-state index < -0.39 is 0 Å². The lowest BCUT2D eigenvalue weighted by Crippen LogP contribution is -2.38. The summed E-state index contributed by atoms with van der Waals surface area (Å²) >= 11 is 0. The van der Waals surface area contributed by atoms with Crippen LogP contribution in [-0.4, -0.2) is 43.9 Å². The van der Waals surface area contributed by atoms with E-state index in [0.29, 0.717) is 12.6 Å². The molecule has 0 radical (unpaired) electrons. The van der Waals surface area contributed by atoms with Crippen LogP contribution in [0.5, 0.6) is 5.75 Å². The maximum atomic E-state index is 6.03. The van der Waals surface area contributed by atoms with Gasteiger partial charge in [-0.2, -0.15) is 0 Å². The van der Waals surface area contributed by atoms with Gasteiger partial charge in [-0.25, -0.2) is 0 Å². The summed E-state index contributed by atoms with van der Waals surface area (Å²) in [4.78, 5) is 6.87. The number of nitrogens with one attached hydrogen (secondary N) is 1. The van der Waals surface area contributed by atoms with Crippen LogP contribution in [0.3, 0.4) is 0 Å². The Morgan fingerprint density at radius 2 is 1.90 bits per heavy atom. The minimum Gasteiger partial charge on any atom is -0.490 e. The van der Waals surface area contributed by atoms with E-state index in [1.54, 1.807) is 0 Å². The number of ether oxygens (including phenoxy) is 2.